The average Bonchev–Trinajstić information content (AvgIpc) is 2.64. The van der Waals surface area contributed by atoms with Crippen molar-refractivity contribution in [1.82, 2.24) is 0 Å². The molecule has 2 amide bonds. The van der Waals surface area contributed by atoms with Gasteiger partial charge in [-0.2, -0.15) is 0 Å². The van der Waals surface area contributed by atoms with Crippen molar-refractivity contribution in [3.8, 4) is 0 Å². The van der Waals surface area contributed by atoms with Gasteiger partial charge in [-0.05, 0) is 52.2 Å². The average molecular weight is 283 g/mol. The van der Waals surface area contributed by atoms with E-state index >= 15 is 0 Å². The number of allylic oxidation sites excluding steroid dienone is 2. The molecule has 2 atom stereocenters. The predicted molar refractivity (Wildman–Crippen MR) is 83.0 cm³/mol. The number of fused-ring (bicyclic) bond motifs is 1. The summed E-state index contributed by atoms with van der Waals surface area (Å²) in [5, 5.41) is 0. The summed E-state index contributed by atoms with van der Waals surface area (Å²) in [4.78, 5) is 26.9. The van der Waals surface area contributed by atoms with E-state index in [-0.39, 0.29) is 23.7 Å². The summed E-state index contributed by atoms with van der Waals surface area (Å²) in [6.45, 7) is 8.12. The number of hydrogen-bond acceptors (Lipinski definition) is 2. The van der Waals surface area contributed by atoms with Gasteiger partial charge < -0.3 is 0 Å². The van der Waals surface area contributed by atoms with Crippen LogP contribution in [0.4, 0.5) is 5.69 Å². The second kappa shape index (κ2) is 4.83. The van der Waals surface area contributed by atoms with Crippen LogP contribution >= 0.6 is 0 Å². The third-order valence-corrected chi connectivity index (χ3v) is 4.93. The van der Waals surface area contributed by atoms with E-state index in [1.54, 1.807) is 0 Å². The summed E-state index contributed by atoms with van der Waals surface area (Å²) < 4.78 is 0. The van der Waals surface area contributed by atoms with Crippen molar-refractivity contribution in [1.29, 1.82) is 0 Å². The molecule has 1 aromatic rings. The lowest BCUT2D eigenvalue weighted by molar-refractivity contribution is -0.122. The van der Waals surface area contributed by atoms with E-state index in [9.17, 15) is 9.59 Å². The van der Waals surface area contributed by atoms with Gasteiger partial charge in [0.25, 0.3) is 0 Å². The second-order valence-corrected chi connectivity index (χ2v) is 6.48. The Balaban J connectivity index is 2.00. The van der Waals surface area contributed by atoms with Gasteiger partial charge in [0.05, 0.1) is 17.5 Å². The van der Waals surface area contributed by atoms with Crippen LogP contribution in [0.25, 0.3) is 0 Å². The quantitative estimate of drug-likeness (QED) is 0.584. The third kappa shape index (κ3) is 2.11. The maximum atomic E-state index is 12.7. The molecule has 1 heterocycles. The van der Waals surface area contributed by atoms with Crippen LogP contribution in [0.1, 0.15) is 37.8 Å². The number of carbonyl (C=O) groups is 2. The monoisotopic (exact) mass is 283 g/mol. The summed E-state index contributed by atoms with van der Waals surface area (Å²) in [6.07, 6.45) is 1.45. The largest absolute Gasteiger partial charge is 0.274 e. The Labute approximate surface area is 125 Å². The number of carbonyl (C=O) groups excluding carboxylic acids is 2. The number of rotatable bonds is 1. The lowest BCUT2D eigenvalue weighted by Crippen LogP contribution is -2.31. The van der Waals surface area contributed by atoms with Crippen molar-refractivity contribution in [3.05, 3.63) is 40.5 Å². The number of imide groups is 1. The van der Waals surface area contributed by atoms with Gasteiger partial charge in [-0.15, -0.1) is 0 Å². The van der Waals surface area contributed by atoms with Gasteiger partial charge in [0.15, 0.2) is 0 Å². The number of amides is 2. The van der Waals surface area contributed by atoms with Crippen LogP contribution in [-0.2, 0) is 9.59 Å². The van der Waals surface area contributed by atoms with E-state index in [1.807, 2.05) is 32.0 Å². The molecule has 1 saturated heterocycles. The van der Waals surface area contributed by atoms with Crippen LogP contribution in [0.3, 0.4) is 0 Å². The highest BCUT2D eigenvalue weighted by molar-refractivity contribution is 6.22. The number of benzene rings is 1. The number of aryl methyl sites for hydroxylation is 2. The van der Waals surface area contributed by atoms with E-state index in [0.717, 1.165) is 29.7 Å². The fourth-order valence-electron chi connectivity index (χ4n) is 3.55. The number of anilines is 1. The SMILES string of the molecule is CC1=C(C)C[C@H]2C(=O)N(c3ccc(C)cc3C)C(=O)[C@@H]2C1. The molecule has 1 fully saturated rings. The number of hydrogen-bond donors (Lipinski definition) is 0. The lowest BCUT2D eigenvalue weighted by Gasteiger charge is -2.23. The van der Waals surface area contributed by atoms with Crippen molar-refractivity contribution in [2.45, 2.75) is 40.5 Å². The van der Waals surface area contributed by atoms with Crippen LogP contribution in [0.2, 0.25) is 0 Å². The van der Waals surface area contributed by atoms with Gasteiger partial charge in [-0.1, -0.05) is 28.8 Å². The smallest absolute Gasteiger partial charge is 0.238 e. The molecule has 3 rings (SSSR count). The first-order chi connectivity index (χ1) is 9.90. The molecule has 0 aromatic heterocycles. The van der Waals surface area contributed by atoms with E-state index in [2.05, 4.69) is 13.8 Å². The fourth-order valence-corrected chi connectivity index (χ4v) is 3.55. The van der Waals surface area contributed by atoms with Crippen molar-refractivity contribution < 1.29 is 9.59 Å². The summed E-state index contributed by atoms with van der Waals surface area (Å²) >= 11 is 0. The Morgan fingerprint density at radius 2 is 1.43 bits per heavy atom. The molecule has 1 aliphatic heterocycles. The molecular formula is C18H21NO2. The van der Waals surface area contributed by atoms with E-state index in [1.165, 1.54) is 16.0 Å². The first kappa shape index (κ1) is 14.1. The molecule has 3 heteroatoms. The standard InChI is InChI=1S/C18H21NO2/c1-10-5-6-16(13(4)7-10)19-17(20)14-8-11(2)12(3)9-15(14)18(19)21/h5-7,14-15H,8-9H2,1-4H3/t14-,15-/m1/s1. The molecule has 110 valence electrons. The Morgan fingerprint density at radius 3 is 1.90 bits per heavy atom. The van der Waals surface area contributed by atoms with Crippen LogP contribution in [0.15, 0.2) is 29.3 Å². The summed E-state index contributed by atoms with van der Waals surface area (Å²) in [5.74, 6) is -0.378. The minimum absolute atomic E-state index is 0.0243. The Hall–Kier alpha value is -1.90. The molecule has 0 N–H and O–H groups in total. The first-order valence-electron chi connectivity index (χ1n) is 7.50. The summed E-state index contributed by atoms with van der Waals surface area (Å²) in [5.41, 5.74) is 5.40. The van der Waals surface area contributed by atoms with Crippen LogP contribution in [0, 0.1) is 25.7 Å². The van der Waals surface area contributed by atoms with Crippen molar-refractivity contribution in [2.24, 2.45) is 11.8 Å². The summed E-state index contributed by atoms with van der Waals surface area (Å²) in [6, 6.07) is 5.87. The van der Waals surface area contributed by atoms with Gasteiger partial charge in [0.1, 0.15) is 0 Å². The zero-order valence-electron chi connectivity index (χ0n) is 13.1. The van der Waals surface area contributed by atoms with Crippen molar-refractivity contribution in [3.63, 3.8) is 0 Å². The van der Waals surface area contributed by atoms with Gasteiger partial charge in [0, 0.05) is 0 Å². The van der Waals surface area contributed by atoms with Crippen LogP contribution in [0.5, 0.6) is 0 Å². The third-order valence-electron chi connectivity index (χ3n) is 4.93. The molecule has 21 heavy (non-hydrogen) atoms. The maximum absolute atomic E-state index is 12.7. The second-order valence-electron chi connectivity index (χ2n) is 6.48. The molecule has 0 saturated carbocycles. The highest BCUT2D eigenvalue weighted by Gasteiger charge is 2.49. The van der Waals surface area contributed by atoms with E-state index < -0.39 is 0 Å². The predicted octanol–water partition coefficient (Wildman–Crippen LogP) is 3.54. The summed E-state index contributed by atoms with van der Waals surface area (Å²) in [7, 11) is 0. The molecular weight excluding hydrogens is 262 g/mol. The van der Waals surface area contributed by atoms with E-state index in [4.69, 9.17) is 0 Å². The van der Waals surface area contributed by atoms with Crippen LogP contribution in [-0.4, -0.2) is 11.8 Å². The van der Waals surface area contributed by atoms with Gasteiger partial charge in [-0.3, -0.25) is 9.59 Å². The highest BCUT2D eigenvalue weighted by atomic mass is 16.2. The van der Waals surface area contributed by atoms with Crippen LogP contribution < -0.4 is 4.90 Å². The van der Waals surface area contributed by atoms with Gasteiger partial charge in [-0.25, -0.2) is 4.90 Å². The molecule has 1 aromatic carbocycles. The lowest BCUT2D eigenvalue weighted by atomic mass is 9.78. The van der Waals surface area contributed by atoms with Crippen molar-refractivity contribution >= 4 is 17.5 Å². The van der Waals surface area contributed by atoms with Gasteiger partial charge >= 0.3 is 0 Å². The minimum Gasteiger partial charge on any atom is -0.274 e. The molecule has 2 aliphatic rings. The molecule has 1 aliphatic carbocycles. The highest BCUT2D eigenvalue weighted by Crippen LogP contribution is 2.42. The molecule has 0 unspecified atom stereocenters. The Kier molecular flexibility index (Phi) is 3.23. The zero-order valence-corrected chi connectivity index (χ0v) is 13.1. The van der Waals surface area contributed by atoms with E-state index in [0.29, 0.717) is 0 Å². The normalized spacial score (nSPS) is 25.6. The molecule has 0 bridgehead atoms. The molecule has 3 nitrogen and oxygen atoms in total. The number of nitrogens with zero attached hydrogens (tertiary/aromatic N) is 1. The van der Waals surface area contributed by atoms with Gasteiger partial charge in [0.2, 0.25) is 11.8 Å². The minimum atomic E-state index is -0.165. The Bertz CT molecular complexity index is 640. The Morgan fingerprint density at radius 1 is 0.905 bits per heavy atom. The molecule has 0 radical (unpaired) electrons. The van der Waals surface area contributed by atoms with Crippen molar-refractivity contribution in [2.75, 3.05) is 4.90 Å². The maximum Gasteiger partial charge on any atom is 0.238 e. The first-order valence-corrected chi connectivity index (χ1v) is 7.50. The topological polar surface area (TPSA) is 37.4 Å². The fraction of sp³-hybridized carbons (Fsp3) is 0.444. The molecule has 0 spiro atoms. The zero-order chi connectivity index (χ0) is 15.3.